The molecule has 1 saturated heterocycles. The van der Waals surface area contributed by atoms with Gasteiger partial charge in [0.2, 0.25) is 5.91 Å². The molecule has 0 aliphatic carbocycles. The molecule has 3 heterocycles. The minimum Gasteiger partial charge on any atom is -0.494 e. The number of fused-ring (bicyclic) bond motifs is 1. The Labute approximate surface area is 217 Å². The number of ether oxygens (including phenoxy) is 1. The van der Waals surface area contributed by atoms with E-state index in [2.05, 4.69) is 40.3 Å². The molecular formula is C29H34N6O2. The number of anilines is 1. The maximum Gasteiger partial charge on any atom is 0.223 e. The number of nitrogens with zero attached hydrogens (tertiary/aromatic N) is 5. The van der Waals surface area contributed by atoms with Gasteiger partial charge in [0.05, 0.1) is 6.61 Å². The molecule has 192 valence electrons. The van der Waals surface area contributed by atoms with E-state index in [1.165, 1.54) is 0 Å². The lowest BCUT2D eigenvalue weighted by Crippen LogP contribution is -2.40. The zero-order valence-electron chi connectivity index (χ0n) is 21.6. The van der Waals surface area contributed by atoms with Crippen LogP contribution < -0.4 is 15.0 Å². The maximum atomic E-state index is 12.8. The lowest BCUT2D eigenvalue weighted by atomic mass is 9.96. The first-order valence-corrected chi connectivity index (χ1v) is 13.1. The Balaban J connectivity index is 1.16. The summed E-state index contributed by atoms with van der Waals surface area (Å²) < 4.78 is 7.53. The number of piperidine rings is 1. The molecule has 1 amide bonds. The molecule has 0 radical (unpaired) electrons. The van der Waals surface area contributed by atoms with Crippen LogP contribution in [0.5, 0.6) is 5.75 Å². The standard InChI is InChI=1S/C29H34N6O2/c1-3-4-19-37-24-11-9-22(10-12-24)20-30-29(36)23-15-17-34(18-16-23)27-14-13-26-31-32-28(35(26)33-27)25-8-6-5-7-21(25)2/h5-14,23H,3-4,15-20H2,1-2H3,(H,30,36). The van der Waals surface area contributed by atoms with Crippen molar-refractivity contribution in [3.05, 3.63) is 71.8 Å². The summed E-state index contributed by atoms with van der Waals surface area (Å²) in [6.07, 6.45) is 3.76. The van der Waals surface area contributed by atoms with Crippen LogP contribution in [0.15, 0.2) is 60.7 Å². The molecule has 0 spiro atoms. The number of aromatic nitrogens is 4. The van der Waals surface area contributed by atoms with Gasteiger partial charge in [0.25, 0.3) is 0 Å². The van der Waals surface area contributed by atoms with Gasteiger partial charge < -0.3 is 15.0 Å². The van der Waals surface area contributed by atoms with E-state index in [-0.39, 0.29) is 11.8 Å². The Morgan fingerprint density at radius 1 is 1.03 bits per heavy atom. The number of rotatable bonds is 9. The topological polar surface area (TPSA) is 84.6 Å². The number of carbonyl (C=O) groups excluding carboxylic acids is 1. The van der Waals surface area contributed by atoms with E-state index in [1.807, 2.05) is 59.1 Å². The van der Waals surface area contributed by atoms with Crippen LogP contribution in [0.1, 0.15) is 43.7 Å². The molecule has 37 heavy (non-hydrogen) atoms. The number of amides is 1. The molecule has 0 atom stereocenters. The monoisotopic (exact) mass is 498 g/mol. The molecule has 5 rings (SSSR count). The fraction of sp³-hybridized carbons (Fsp3) is 0.379. The molecule has 1 N–H and O–H groups in total. The molecular weight excluding hydrogens is 464 g/mol. The first kappa shape index (κ1) is 24.7. The van der Waals surface area contributed by atoms with Crippen LogP contribution in [0.4, 0.5) is 5.82 Å². The fourth-order valence-corrected chi connectivity index (χ4v) is 4.68. The molecule has 0 saturated carbocycles. The van der Waals surface area contributed by atoms with Crippen LogP contribution in [0.25, 0.3) is 17.0 Å². The molecule has 1 fully saturated rings. The summed E-state index contributed by atoms with van der Waals surface area (Å²) in [6, 6.07) is 20.0. The highest BCUT2D eigenvalue weighted by Gasteiger charge is 2.26. The Hall–Kier alpha value is -3.94. The highest BCUT2D eigenvalue weighted by molar-refractivity contribution is 5.79. The summed E-state index contributed by atoms with van der Waals surface area (Å²) >= 11 is 0. The smallest absolute Gasteiger partial charge is 0.223 e. The van der Waals surface area contributed by atoms with Gasteiger partial charge >= 0.3 is 0 Å². The van der Waals surface area contributed by atoms with E-state index >= 15 is 0 Å². The lowest BCUT2D eigenvalue weighted by molar-refractivity contribution is -0.125. The average molecular weight is 499 g/mol. The summed E-state index contributed by atoms with van der Waals surface area (Å²) in [7, 11) is 0. The third-order valence-electron chi connectivity index (χ3n) is 6.98. The van der Waals surface area contributed by atoms with Crippen LogP contribution in [0, 0.1) is 12.8 Å². The minimum absolute atomic E-state index is 0.00840. The van der Waals surface area contributed by atoms with E-state index in [4.69, 9.17) is 9.84 Å². The predicted molar refractivity (Wildman–Crippen MR) is 145 cm³/mol. The van der Waals surface area contributed by atoms with Crippen molar-refractivity contribution in [1.82, 2.24) is 25.1 Å². The van der Waals surface area contributed by atoms with Crippen LogP contribution in [0.2, 0.25) is 0 Å². The van der Waals surface area contributed by atoms with Crippen molar-refractivity contribution in [3.63, 3.8) is 0 Å². The van der Waals surface area contributed by atoms with Crippen molar-refractivity contribution in [2.75, 3.05) is 24.6 Å². The normalized spacial score (nSPS) is 14.2. The van der Waals surface area contributed by atoms with Gasteiger partial charge in [-0.2, -0.15) is 4.52 Å². The van der Waals surface area contributed by atoms with Crippen LogP contribution >= 0.6 is 0 Å². The minimum atomic E-state index is 0.00840. The molecule has 1 aliphatic heterocycles. The van der Waals surface area contributed by atoms with E-state index in [9.17, 15) is 4.79 Å². The van der Waals surface area contributed by atoms with Crippen LogP contribution in [-0.2, 0) is 11.3 Å². The SMILES string of the molecule is CCCCOc1ccc(CNC(=O)C2CCN(c3ccc4nnc(-c5ccccc5C)n4n3)CC2)cc1. The summed E-state index contributed by atoms with van der Waals surface area (Å²) in [5, 5.41) is 16.7. The summed E-state index contributed by atoms with van der Waals surface area (Å²) in [5.41, 5.74) is 3.95. The zero-order valence-corrected chi connectivity index (χ0v) is 21.6. The number of hydrogen-bond donors (Lipinski definition) is 1. The van der Waals surface area contributed by atoms with Gasteiger partial charge in [-0.15, -0.1) is 15.3 Å². The third-order valence-corrected chi connectivity index (χ3v) is 6.98. The molecule has 4 aromatic rings. The van der Waals surface area contributed by atoms with Crippen molar-refractivity contribution in [2.24, 2.45) is 5.92 Å². The molecule has 8 heteroatoms. The predicted octanol–water partition coefficient (Wildman–Crippen LogP) is 4.81. The molecule has 2 aromatic carbocycles. The van der Waals surface area contributed by atoms with Crippen LogP contribution in [-0.4, -0.2) is 45.4 Å². The fourth-order valence-electron chi connectivity index (χ4n) is 4.68. The van der Waals surface area contributed by atoms with Crippen molar-refractivity contribution >= 4 is 17.4 Å². The molecule has 2 aromatic heterocycles. The van der Waals surface area contributed by atoms with Crippen molar-refractivity contribution in [1.29, 1.82) is 0 Å². The molecule has 1 aliphatic rings. The van der Waals surface area contributed by atoms with Gasteiger partial charge in [-0.25, -0.2) is 0 Å². The third kappa shape index (κ3) is 5.74. The number of unbranched alkanes of at least 4 members (excludes halogenated alkanes) is 1. The quantitative estimate of drug-likeness (QED) is 0.333. The Morgan fingerprint density at radius 3 is 2.57 bits per heavy atom. The molecule has 0 unspecified atom stereocenters. The average Bonchev–Trinajstić information content (AvgIpc) is 3.36. The summed E-state index contributed by atoms with van der Waals surface area (Å²) in [5.74, 6) is 2.62. The van der Waals surface area contributed by atoms with E-state index in [1.54, 1.807) is 0 Å². The van der Waals surface area contributed by atoms with Gasteiger partial charge in [0.1, 0.15) is 11.6 Å². The van der Waals surface area contributed by atoms with Crippen molar-refractivity contribution in [3.8, 4) is 17.1 Å². The lowest BCUT2D eigenvalue weighted by Gasteiger charge is -2.32. The van der Waals surface area contributed by atoms with E-state index < -0.39 is 0 Å². The molecule has 0 bridgehead atoms. The number of hydrogen-bond acceptors (Lipinski definition) is 6. The van der Waals surface area contributed by atoms with E-state index in [0.717, 1.165) is 85.1 Å². The Kier molecular flexibility index (Phi) is 7.63. The van der Waals surface area contributed by atoms with E-state index in [0.29, 0.717) is 6.54 Å². The molecule has 8 nitrogen and oxygen atoms in total. The summed E-state index contributed by atoms with van der Waals surface area (Å²) in [4.78, 5) is 15.1. The highest BCUT2D eigenvalue weighted by atomic mass is 16.5. The second-order valence-corrected chi connectivity index (χ2v) is 9.63. The van der Waals surface area contributed by atoms with Gasteiger partial charge in [-0.05, 0) is 61.6 Å². The Bertz CT molecular complexity index is 1340. The second kappa shape index (κ2) is 11.4. The highest BCUT2D eigenvalue weighted by Crippen LogP contribution is 2.25. The number of aryl methyl sites for hydroxylation is 1. The maximum absolute atomic E-state index is 12.8. The van der Waals surface area contributed by atoms with Gasteiger partial charge in [0, 0.05) is 31.1 Å². The largest absolute Gasteiger partial charge is 0.494 e. The summed E-state index contributed by atoms with van der Waals surface area (Å²) in [6.45, 7) is 7.04. The zero-order chi connectivity index (χ0) is 25.6. The van der Waals surface area contributed by atoms with Crippen LogP contribution in [0.3, 0.4) is 0 Å². The van der Waals surface area contributed by atoms with Gasteiger partial charge in [-0.1, -0.05) is 49.7 Å². The Morgan fingerprint density at radius 2 is 1.81 bits per heavy atom. The van der Waals surface area contributed by atoms with Crippen molar-refractivity contribution in [2.45, 2.75) is 46.1 Å². The number of nitrogens with one attached hydrogen (secondary N) is 1. The second-order valence-electron chi connectivity index (χ2n) is 9.63. The van der Waals surface area contributed by atoms with Crippen molar-refractivity contribution < 1.29 is 9.53 Å². The van der Waals surface area contributed by atoms with Gasteiger partial charge in [0.15, 0.2) is 11.5 Å². The number of benzene rings is 2. The van der Waals surface area contributed by atoms with Gasteiger partial charge in [-0.3, -0.25) is 4.79 Å². The first-order valence-electron chi connectivity index (χ1n) is 13.1. The number of carbonyl (C=O) groups is 1. The first-order chi connectivity index (χ1) is 18.1.